The van der Waals surface area contributed by atoms with E-state index < -0.39 is 46.1 Å². The van der Waals surface area contributed by atoms with Crippen LogP contribution in [0.2, 0.25) is 0 Å². The number of nitrogens with one attached hydrogen (secondary N) is 2. The van der Waals surface area contributed by atoms with E-state index in [0.29, 0.717) is 5.56 Å². The zero-order valence-corrected chi connectivity index (χ0v) is 24.4. The zero-order valence-electron chi connectivity index (χ0n) is 22.8. The first kappa shape index (κ1) is 32.6. The summed E-state index contributed by atoms with van der Waals surface area (Å²) in [6.07, 6.45) is -2.82. The number of nitrogens with zero attached hydrogens (tertiary/aromatic N) is 2. The van der Waals surface area contributed by atoms with Crippen LogP contribution < -0.4 is 21.5 Å². The van der Waals surface area contributed by atoms with E-state index in [0.717, 1.165) is 4.88 Å². The number of para-hydroxylation sites is 1. The third kappa shape index (κ3) is 8.80. The molecule has 1 saturated heterocycles. The Kier molecular flexibility index (Phi) is 11.5. The molecule has 2 heterocycles. The minimum atomic E-state index is -4.42. The minimum Gasteiger partial charge on any atom is -0.376 e. The molecule has 0 bridgehead atoms. The van der Waals surface area contributed by atoms with Gasteiger partial charge in [-0.3, -0.25) is 9.59 Å². The highest BCUT2D eigenvalue weighted by Crippen LogP contribution is 2.36. The number of piperidine rings is 1. The van der Waals surface area contributed by atoms with E-state index in [2.05, 4.69) is 19.8 Å². The summed E-state index contributed by atoms with van der Waals surface area (Å²) in [6.45, 7) is 1.58. The molecule has 16 heteroatoms. The molecule has 1 aliphatic heterocycles. The number of rotatable bonds is 11. The average molecular weight is 627 g/mol. The highest BCUT2D eigenvalue weighted by Gasteiger charge is 2.32. The number of ether oxygens (including phenoxy) is 1. The quantitative estimate of drug-likeness (QED) is 0.167. The lowest BCUT2D eigenvalue weighted by atomic mass is 10.0. The van der Waals surface area contributed by atoms with Crippen molar-refractivity contribution in [2.24, 2.45) is 16.5 Å². The van der Waals surface area contributed by atoms with E-state index in [1.54, 1.807) is 25.1 Å². The predicted octanol–water partition coefficient (Wildman–Crippen LogP) is 3.37. The molecule has 1 fully saturated rings. The van der Waals surface area contributed by atoms with E-state index in [9.17, 15) is 31.6 Å². The number of sulfonamides is 1. The molecule has 1 aromatic heterocycles. The van der Waals surface area contributed by atoms with Gasteiger partial charge < -0.3 is 26.4 Å². The number of anilines is 1. The Morgan fingerprint density at radius 3 is 2.45 bits per heavy atom. The van der Waals surface area contributed by atoms with Crippen LogP contribution in [0.15, 0.2) is 57.3 Å². The molecule has 0 radical (unpaired) electrons. The summed E-state index contributed by atoms with van der Waals surface area (Å²) in [6, 6.07) is 6.31. The number of carbonyl (C=O) groups excluding carboxylic acids is 3. The molecule has 3 amide bonds. The number of amides is 3. The topological polar surface area (TPSA) is 186 Å². The summed E-state index contributed by atoms with van der Waals surface area (Å²) >= 11 is 1.36. The van der Waals surface area contributed by atoms with Gasteiger partial charge in [-0.05, 0) is 48.8 Å². The van der Waals surface area contributed by atoms with Crippen LogP contribution in [0.1, 0.15) is 39.0 Å². The standard InChI is InChI=1S/C26H32F2N6O6S2/c1-2-21(35)32-22-17(19-8-5-15-41-19)6-3-9-20(22)42(38,39)33-18(7-4-12-31-25(29)40-26(30)37)24(36)34-13-10-16(11-14-34)23(27)28/h3,5-6,8-9,15,18,33H,2,4,7,10-14H2,1H3,(H2,29,31)(H2,30,37)(H,32,35). The van der Waals surface area contributed by atoms with Crippen molar-refractivity contribution >= 4 is 51.0 Å². The van der Waals surface area contributed by atoms with Gasteiger partial charge in [0.15, 0.2) is 0 Å². The molecule has 6 N–H and O–H groups in total. The summed E-state index contributed by atoms with van der Waals surface area (Å²) in [5.74, 6) is -1.01. The molecular weight excluding hydrogens is 594 g/mol. The van der Waals surface area contributed by atoms with Crippen molar-refractivity contribution in [1.29, 1.82) is 0 Å². The molecular formula is C26H32F2N6O6S2. The number of hydrogen-bond acceptors (Lipinski definition) is 8. The van der Waals surface area contributed by atoms with Gasteiger partial charge in [0, 0.05) is 36.5 Å². The van der Waals surface area contributed by atoms with Crippen molar-refractivity contribution in [3.8, 4) is 10.4 Å². The Balaban J connectivity index is 1.92. The summed E-state index contributed by atoms with van der Waals surface area (Å²) in [7, 11) is -4.42. The summed E-state index contributed by atoms with van der Waals surface area (Å²) in [4.78, 5) is 42.3. The Morgan fingerprint density at radius 2 is 1.86 bits per heavy atom. The van der Waals surface area contributed by atoms with Crippen molar-refractivity contribution in [2.45, 2.75) is 50.0 Å². The number of nitrogens with two attached hydrogens (primary N) is 2. The predicted molar refractivity (Wildman–Crippen MR) is 154 cm³/mol. The average Bonchev–Trinajstić information content (AvgIpc) is 3.48. The van der Waals surface area contributed by atoms with Crippen molar-refractivity contribution in [3.05, 3.63) is 47.4 Å². The highest BCUT2D eigenvalue weighted by molar-refractivity contribution is 7.89. The van der Waals surface area contributed by atoms with Gasteiger partial charge in [0.25, 0.3) is 12.1 Å². The summed E-state index contributed by atoms with van der Waals surface area (Å²) in [5, 5.41) is 4.49. The fourth-order valence-corrected chi connectivity index (χ4v) is 6.42. The third-order valence-corrected chi connectivity index (χ3v) is 8.77. The molecule has 1 atom stereocenters. The first-order valence-electron chi connectivity index (χ1n) is 13.0. The molecule has 12 nitrogen and oxygen atoms in total. The van der Waals surface area contributed by atoms with Gasteiger partial charge in [-0.25, -0.2) is 18.2 Å². The van der Waals surface area contributed by atoms with Crippen molar-refractivity contribution in [2.75, 3.05) is 25.0 Å². The summed E-state index contributed by atoms with van der Waals surface area (Å²) < 4.78 is 60.6. The molecule has 1 aromatic carbocycles. The van der Waals surface area contributed by atoms with Gasteiger partial charge >= 0.3 is 6.09 Å². The summed E-state index contributed by atoms with van der Waals surface area (Å²) in [5.41, 5.74) is 10.8. The first-order valence-corrected chi connectivity index (χ1v) is 15.4. The van der Waals surface area contributed by atoms with Crippen LogP contribution in [0.4, 0.5) is 19.3 Å². The lowest BCUT2D eigenvalue weighted by Gasteiger charge is -2.31. The number of carbonyl (C=O) groups is 3. The molecule has 1 unspecified atom stereocenters. The van der Waals surface area contributed by atoms with Crippen molar-refractivity contribution in [1.82, 2.24) is 9.62 Å². The van der Waals surface area contributed by atoms with Gasteiger partial charge in [-0.15, -0.1) is 11.3 Å². The monoisotopic (exact) mass is 626 g/mol. The van der Waals surface area contributed by atoms with Crippen LogP contribution in [0, 0.1) is 0 Å². The van der Waals surface area contributed by atoms with Crippen molar-refractivity contribution in [3.63, 3.8) is 0 Å². The first-order chi connectivity index (χ1) is 19.9. The van der Waals surface area contributed by atoms with Gasteiger partial charge in [0.1, 0.15) is 10.9 Å². The second-order valence-electron chi connectivity index (χ2n) is 9.20. The van der Waals surface area contributed by atoms with Gasteiger partial charge in [-0.2, -0.15) is 13.5 Å². The van der Waals surface area contributed by atoms with Gasteiger partial charge in [0.05, 0.1) is 5.69 Å². The number of likely N-dealkylation sites (tertiary alicyclic amines) is 1. The van der Waals surface area contributed by atoms with Crippen LogP contribution in [-0.4, -0.2) is 62.9 Å². The van der Waals surface area contributed by atoms with E-state index in [1.165, 1.54) is 28.4 Å². The minimum absolute atomic E-state index is 0.00699. The molecule has 2 aromatic rings. The second kappa shape index (κ2) is 14.8. The number of halogens is 2. The second-order valence-corrected chi connectivity index (χ2v) is 11.8. The Hall–Kier alpha value is -3.89. The van der Waals surface area contributed by atoms with Crippen LogP contribution >= 0.6 is 11.3 Å². The van der Waals surface area contributed by atoms with Crippen LogP contribution in [0.25, 0.3) is 10.4 Å². The maximum atomic E-state index is 13.8. The molecule has 0 spiro atoms. The smallest absolute Gasteiger partial charge is 0.376 e. The van der Waals surface area contributed by atoms with Gasteiger partial charge in [-0.1, -0.05) is 25.1 Å². The maximum absolute atomic E-state index is 13.8. The Morgan fingerprint density at radius 1 is 1.14 bits per heavy atom. The lowest BCUT2D eigenvalue weighted by Crippen LogP contribution is -2.50. The fourth-order valence-electron chi connectivity index (χ4n) is 4.26. The van der Waals surface area contributed by atoms with E-state index in [4.69, 9.17) is 11.5 Å². The molecule has 228 valence electrons. The largest absolute Gasteiger partial charge is 0.412 e. The fraction of sp³-hybridized carbons (Fsp3) is 0.385. The molecule has 1 aliphatic rings. The molecule has 42 heavy (non-hydrogen) atoms. The Labute approximate surface area is 245 Å². The number of hydrogen-bond donors (Lipinski definition) is 4. The molecule has 0 saturated carbocycles. The zero-order chi connectivity index (χ0) is 30.9. The van der Waals surface area contributed by atoms with Crippen LogP contribution in [0.5, 0.6) is 0 Å². The van der Waals surface area contributed by atoms with Gasteiger partial charge in [0.2, 0.25) is 21.8 Å². The number of amidine groups is 1. The molecule has 3 rings (SSSR count). The van der Waals surface area contributed by atoms with Crippen LogP contribution in [-0.2, 0) is 24.3 Å². The van der Waals surface area contributed by atoms with E-state index in [1.807, 2.05) is 5.38 Å². The normalized spacial score (nSPS) is 14.8. The number of benzene rings is 1. The third-order valence-electron chi connectivity index (χ3n) is 6.35. The highest BCUT2D eigenvalue weighted by atomic mass is 32.2. The lowest BCUT2D eigenvalue weighted by molar-refractivity contribution is -0.133. The van der Waals surface area contributed by atoms with Crippen LogP contribution in [0.3, 0.4) is 0 Å². The van der Waals surface area contributed by atoms with Crippen molar-refractivity contribution < 1.29 is 36.3 Å². The number of thiophene rings is 1. The maximum Gasteiger partial charge on any atom is 0.412 e. The number of primary amides is 1. The molecule has 0 aliphatic carbocycles. The Bertz CT molecular complexity index is 1450. The SMILES string of the molecule is CCC(=O)Nc1c(-c2cccs2)cccc1S(=O)(=O)NC(CCCN=C(N)OC(N)=O)C(=O)N1CCC(=C(F)F)CC1. The van der Waals surface area contributed by atoms with E-state index in [-0.39, 0.29) is 67.9 Å². The number of aliphatic imine (C=N–C) groups is 1. The van der Waals surface area contributed by atoms with E-state index >= 15 is 0 Å².